The summed E-state index contributed by atoms with van der Waals surface area (Å²) >= 11 is 0. The molecule has 27 heavy (non-hydrogen) atoms. The molecule has 138 valence electrons. The molecule has 0 spiro atoms. The van der Waals surface area contributed by atoms with Gasteiger partial charge in [-0.15, -0.1) is 0 Å². The summed E-state index contributed by atoms with van der Waals surface area (Å²) < 4.78 is 19.0. The van der Waals surface area contributed by atoms with Crippen molar-refractivity contribution in [3.63, 3.8) is 0 Å². The third-order valence-corrected chi connectivity index (χ3v) is 3.47. The molecule has 1 heterocycles. The number of benzene rings is 2. The molecular formula is C20H19FN4O2. The average Bonchev–Trinajstić information content (AvgIpc) is 2.63. The van der Waals surface area contributed by atoms with Crippen LogP contribution in [-0.2, 0) is 0 Å². The van der Waals surface area contributed by atoms with Crippen LogP contribution in [0, 0.1) is 5.82 Å². The van der Waals surface area contributed by atoms with Crippen molar-refractivity contribution in [1.82, 2.24) is 9.97 Å². The highest BCUT2D eigenvalue weighted by Crippen LogP contribution is 2.25. The lowest BCUT2D eigenvalue weighted by molar-refractivity contribution is 0.102. The number of hydrogen-bond acceptors (Lipinski definition) is 5. The fourth-order valence-electron chi connectivity index (χ4n) is 2.35. The number of ether oxygens (including phenoxy) is 1. The summed E-state index contributed by atoms with van der Waals surface area (Å²) in [5.41, 5.74) is 1.21. The lowest BCUT2D eigenvalue weighted by atomic mass is 10.2. The minimum absolute atomic E-state index is 0.0239. The van der Waals surface area contributed by atoms with Crippen molar-refractivity contribution in [2.75, 3.05) is 10.6 Å². The fraction of sp³-hybridized carbons (Fsp3) is 0.150. The molecule has 0 fully saturated rings. The van der Waals surface area contributed by atoms with E-state index in [0.717, 1.165) is 0 Å². The summed E-state index contributed by atoms with van der Waals surface area (Å²) in [5, 5.41) is 5.66. The molecule has 1 amide bonds. The monoisotopic (exact) mass is 366 g/mol. The molecule has 6 nitrogen and oxygen atoms in total. The van der Waals surface area contributed by atoms with Crippen LogP contribution < -0.4 is 15.4 Å². The van der Waals surface area contributed by atoms with Crippen molar-refractivity contribution in [3.8, 4) is 5.75 Å². The van der Waals surface area contributed by atoms with Gasteiger partial charge in [-0.2, -0.15) is 0 Å². The van der Waals surface area contributed by atoms with Crippen molar-refractivity contribution in [2.24, 2.45) is 0 Å². The van der Waals surface area contributed by atoms with E-state index in [2.05, 4.69) is 20.6 Å². The molecule has 3 aromatic rings. The zero-order valence-electron chi connectivity index (χ0n) is 14.9. The van der Waals surface area contributed by atoms with E-state index < -0.39 is 5.91 Å². The number of amides is 1. The Hall–Kier alpha value is -3.48. The Labute approximate surface area is 156 Å². The SMILES string of the molecule is CC(C)Oc1ccccc1NC(=O)c1ccnc(Nc2cccc(F)c2)n1. The number of rotatable bonds is 6. The highest BCUT2D eigenvalue weighted by molar-refractivity contribution is 6.03. The maximum atomic E-state index is 13.3. The maximum Gasteiger partial charge on any atom is 0.274 e. The molecule has 2 aromatic carbocycles. The van der Waals surface area contributed by atoms with Crippen molar-refractivity contribution >= 4 is 23.2 Å². The predicted molar refractivity (Wildman–Crippen MR) is 102 cm³/mol. The number of nitrogens with one attached hydrogen (secondary N) is 2. The molecule has 0 aliphatic heterocycles. The first-order valence-electron chi connectivity index (χ1n) is 8.44. The third kappa shape index (κ3) is 5.01. The Morgan fingerprint density at radius 3 is 2.70 bits per heavy atom. The maximum absolute atomic E-state index is 13.3. The van der Waals surface area contributed by atoms with Gasteiger partial charge in [-0.05, 0) is 50.2 Å². The minimum Gasteiger partial charge on any atom is -0.489 e. The van der Waals surface area contributed by atoms with E-state index in [1.165, 1.54) is 24.4 Å². The second-order valence-corrected chi connectivity index (χ2v) is 6.02. The molecule has 0 aliphatic carbocycles. The topological polar surface area (TPSA) is 76.1 Å². The van der Waals surface area contributed by atoms with Crippen LogP contribution in [0.3, 0.4) is 0 Å². The number of halogens is 1. The van der Waals surface area contributed by atoms with Gasteiger partial charge in [0.15, 0.2) is 0 Å². The van der Waals surface area contributed by atoms with Gasteiger partial charge in [-0.25, -0.2) is 14.4 Å². The van der Waals surface area contributed by atoms with E-state index in [1.807, 2.05) is 19.9 Å². The van der Waals surface area contributed by atoms with Crippen LogP contribution in [0.2, 0.25) is 0 Å². The molecular weight excluding hydrogens is 347 g/mol. The predicted octanol–water partition coefficient (Wildman–Crippen LogP) is 4.40. The lowest BCUT2D eigenvalue weighted by Gasteiger charge is -2.14. The average molecular weight is 366 g/mol. The number of carbonyl (C=O) groups excluding carboxylic acids is 1. The summed E-state index contributed by atoms with van der Waals surface area (Å²) in [6.07, 6.45) is 1.43. The molecule has 0 aliphatic rings. The van der Waals surface area contributed by atoms with Crippen LogP contribution in [-0.4, -0.2) is 22.0 Å². The fourth-order valence-corrected chi connectivity index (χ4v) is 2.35. The van der Waals surface area contributed by atoms with Crippen molar-refractivity contribution < 1.29 is 13.9 Å². The molecule has 3 rings (SSSR count). The molecule has 1 aromatic heterocycles. The summed E-state index contributed by atoms with van der Waals surface area (Å²) in [4.78, 5) is 20.8. The number of hydrogen-bond donors (Lipinski definition) is 2. The molecule has 0 saturated carbocycles. The van der Waals surface area contributed by atoms with E-state index in [4.69, 9.17) is 4.74 Å². The van der Waals surface area contributed by atoms with Gasteiger partial charge >= 0.3 is 0 Å². The van der Waals surface area contributed by atoms with Gasteiger partial charge in [-0.1, -0.05) is 18.2 Å². The van der Waals surface area contributed by atoms with Gasteiger partial charge in [0.2, 0.25) is 5.95 Å². The number of carbonyl (C=O) groups is 1. The minimum atomic E-state index is -0.403. The highest BCUT2D eigenvalue weighted by atomic mass is 19.1. The Morgan fingerprint density at radius 2 is 1.93 bits per heavy atom. The second-order valence-electron chi connectivity index (χ2n) is 6.02. The van der Waals surface area contributed by atoms with Gasteiger partial charge in [0.05, 0.1) is 11.8 Å². The summed E-state index contributed by atoms with van der Waals surface area (Å²) in [5.74, 6) is -0.0110. The molecule has 0 bridgehead atoms. The van der Waals surface area contributed by atoms with Gasteiger partial charge in [0.25, 0.3) is 5.91 Å². The highest BCUT2D eigenvalue weighted by Gasteiger charge is 2.13. The Balaban J connectivity index is 1.76. The first-order chi connectivity index (χ1) is 13.0. The van der Waals surface area contributed by atoms with Crippen molar-refractivity contribution in [3.05, 3.63) is 72.3 Å². The lowest BCUT2D eigenvalue weighted by Crippen LogP contribution is -2.16. The third-order valence-electron chi connectivity index (χ3n) is 3.47. The zero-order chi connectivity index (χ0) is 19.2. The summed E-state index contributed by atoms with van der Waals surface area (Å²) in [7, 11) is 0. The standard InChI is InChI=1S/C20H19FN4O2/c1-13(2)27-18-9-4-3-8-16(18)24-19(26)17-10-11-22-20(25-17)23-15-7-5-6-14(21)12-15/h3-13H,1-2H3,(H,24,26)(H,22,23,25). The van der Waals surface area contributed by atoms with Crippen molar-refractivity contribution in [2.45, 2.75) is 20.0 Å². The summed E-state index contributed by atoms with van der Waals surface area (Å²) in [6, 6.07) is 14.6. The van der Waals surface area contributed by atoms with Crippen LogP contribution in [0.4, 0.5) is 21.7 Å². The first-order valence-corrected chi connectivity index (χ1v) is 8.44. The van der Waals surface area contributed by atoms with E-state index in [1.54, 1.807) is 30.3 Å². The Bertz CT molecular complexity index is 947. The molecule has 2 N–H and O–H groups in total. The number of para-hydroxylation sites is 2. The van der Waals surface area contributed by atoms with Crippen LogP contribution >= 0.6 is 0 Å². The quantitative estimate of drug-likeness (QED) is 0.676. The van der Waals surface area contributed by atoms with E-state index in [9.17, 15) is 9.18 Å². The van der Waals surface area contributed by atoms with Crippen LogP contribution in [0.15, 0.2) is 60.8 Å². The second kappa shape index (κ2) is 8.27. The zero-order valence-corrected chi connectivity index (χ0v) is 14.9. The van der Waals surface area contributed by atoms with Crippen LogP contribution in [0.25, 0.3) is 0 Å². The van der Waals surface area contributed by atoms with Gasteiger partial charge in [0, 0.05) is 11.9 Å². The summed E-state index contributed by atoms with van der Waals surface area (Å²) in [6.45, 7) is 3.82. The van der Waals surface area contributed by atoms with Crippen LogP contribution in [0.1, 0.15) is 24.3 Å². The van der Waals surface area contributed by atoms with E-state index >= 15 is 0 Å². The number of aromatic nitrogens is 2. The van der Waals surface area contributed by atoms with Crippen molar-refractivity contribution in [1.29, 1.82) is 0 Å². The van der Waals surface area contributed by atoms with E-state index in [0.29, 0.717) is 17.1 Å². The van der Waals surface area contributed by atoms with Gasteiger partial charge in [-0.3, -0.25) is 4.79 Å². The molecule has 0 radical (unpaired) electrons. The molecule has 7 heteroatoms. The van der Waals surface area contributed by atoms with Crippen LogP contribution in [0.5, 0.6) is 5.75 Å². The Kier molecular flexibility index (Phi) is 5.61. The van der Waals surface area contributed by atoms with Gasteiger partial charge < -0.3 is 15.4 Å². The number of nitrogens with zero attached hydrogens (tertiary/aromatic N) is 2. The van der Waals surface area contributed by atoms with Gasteiger partial charge in [0.1, 0.15) is 17.3 Å². The van der Waals surface area contributed by atoms with E-state index in [-0.39, 0.29) is 23.6 Å². The Morgan fingerprint density at radius 1 is 1.11 bits per heavy atom. The molecule has 0 unspecified atom stereocenters. The first kappa shape index (κ1) is 18.3. The molecule has 0 saturated heterocycles. The smallest absolute Gasteiger partial charge is 0.274 e. The molecule has 0 atom stereocenters. The normalized spacial score (nSPS) is 10.5. The number of anilines is 3. The largest absolute Gasteiger partial charge is 0.489 e.